The third kappa shape index (κ3) is 4.42. The van der Waals surface area contributed by atoms with Gasteiger partial charge < -0.3 is 14.6 Å². The second kappa shape index (κ2) is 6.39. The van der Waals surface area contributed by atoms with Gasteiger partial charge in [0.05, 0.1) is 30.7 Å². The monoisotopic (exact) mass is 289 g/mol. The normalized spacial score (nSPS) is 11.1. The third-order valence-corrected chi connectivity index (χ3v) is 3.51. The minimum absolute atomic E-state index is 0.0156. The van der Waals surface area contributed by atoms with Gasteiger partial charge in [0.2, 0.25) is 10.0 Å². The molecule has 1 rings (SSSR count). The molecule has 1 aromatic rings. The molecule has 0 aliphatic carbocycles. The van der Waals surface area contributed by atoms with E-state index in [2.05, 4.69) is 9.46 Å². The second-order valence-corrected chi connectivity index (χ2v) is 5.47. The van der Waals surface area contributed by atoms with Crippen LogP contribution >= 0.6 is 0 Å². The maximum atomic E-state index is 11.7. The van der Waals surface area contributed by atoms with Crippen LogP contribution < -0.4 is 9.46 Å². The molecule has 0 spiro atoms. The smallest absolute Gasteiger partial charge is 0.337 e. The van der Waals surface area contributed by atoms with Crippen LogP contribution in [0.2, 0.25) is 0 Å². The van der Waals surface area contributed by atoms with E-state index in [1.165, 1.54) is 32.4 Å². The van der Waals surface area contributed by atoms with Gasteiger partial charge in [0.25, 0.3) is 0 Å². The molecule has 106 valence electrons. The zero-order chi connectivity index (χ0) is 14.5. The molecule has 0 aliphatic rings. The number of ether oxygens (including phenoxy) is 2. The van der Waals surface area contributed by atoms with E-state index in [1.807, 2.05) is 0 Å². The molecule has 0 radical (unpaired) electrons. The van der Waals surface area contributed by atoms with Gasteiger partial charge in [0, 0.05) is 13.2 Å². The summed E-state index contributed by atoms with van der Waals surface area (Å²) in [6.07, 6.45) is 0. The summed E-state index contributed by atoms with van der Waals surface area (Å²) in [7, 11) is -0.891. The van der Waals surface area contributed by atoms with Gasteiger partial charge in [-0.25, -0.2) is 13.2 Å². The highest BCUT2D eigenvalue weighted by Gasteiger charge is 2.17. The van der Waals surface area contributed by atoms with Crippen molar-refractivity contribution in [1.29, 1.82) is 0 Å². The topological polar surface area (TPSA) is 102 Å². The summed E-state index contributed by atoms with van der Waals surface area (Å²) in [5, 5.41) is 9.00. The number of hydrogen-bond acceptors (Lipinski definition) is 5. The number of carboxylic acids is 1. The first kappa shape index (κ1) is 15.3. The third-order valence-electron chi connectivity index (χ3n) is 2.28. The average molecular weight is 289 g/mol. The van der Waals surface area contributed by atoms with Crippen molar-refractivity contribution in [3.63, 3.8) is 0 Å². The molecular weight excluding hydrogens is 274 g/mol. The first-order valence-electron chi connectivity index (χ1n) is 5.30. The van der Waals surface area contributed by atoms with Crippen molar-refractivity contribution in [1.82, 2.24) is 0 Å². The van der Waals surface area contributed by atoms with Crippen LogP contribution in [0.4, 0.5) is 5.69 Å². The fourth-order valence-corrected chi connectivity index (χ4v) is 2.32. The highest BCUT2D eigenvalue weighted by molar-refractivity contribution is 7.92. The first-order chi connectivity index (χ1) is 8.89. The summed E-state index contributed by atoms with van der Waals surface area (Å²) in [4.78, 5) is 11.0. The molecule has 0 atom stereocenters. The summed E-state index contributed by atoms with van der Waals surface area (Å²) in [6, 6.07) is 4.03. The van der Waals surface area contributed by atoms with Crippen molar-refractivity contribution in [3.8, 4) is 5.75 Å². The number of carbonyl (C=O) groups is 1. The molecule has 2 N–H and O–H groups in total. The predicted molar refractivity (Wildman–Crippen MR) is 69.2 cm³/mol. The van der Waals surface area contributed by atoms with E-state index in [1.54, 1.807) is 0 Å². The Morgan fingerprint density at radius 3 is 2.58 bits per heavy atom. The van der Waals surface area contributed by atoms with Gasteiger partial charge in [-0.3, -0.25) is 4.72 Å². The second-order valence-electron chi connectivity index (χ2n) is 3.63. The van der Waals surface area contributed by atoms with E-state index in [9.17, 15) is 13.2 Å². The van der Waals surface area contributed by atoms with Crippen LogP contribution in [-0.2, 0) is 14.8 Å². The number of sulfonamides is 1. The predicted octanol–water partition coefficient (Wildman–Crippen LogP) is 0.781. The number of methoxy groups -OCH3 is 2. The van der Waals surface area contributed by atoms with Crippen LogP contribution in [0.3, 0.4) is 0 Å². The van der Waals surface area contributed by atoms with E-state index in [4.69, 9.17) is 9.84 Å². The molecule has 0 amide bonds. The summed E-state index contributed by atoms with van der Waals surface area (Å²) >= 11 is 0. The Balaban J connectivity index is 3.07. The molecule has 0 saturated carbocycles. The molecule has 0 unspecified atom stereocenters. The van der Waals surface area contributed by atoms with Crippen LogP contribution in [0, 0.1) is 0 Å². The summed E-state index contributed by atoms with van der Waals surface area (Å²) < 4.78 is 35.2. The number of aromatic carboxylic acids is 1. The summed E-state index contributed by atoms with van der Waals surface area (Å²) in [5.41, 5.74) is -0.190. The lowest BCUT2D eigenvalue weighted by Crippen LogP contribution is -2.21. The Morgan fingerprint density at radius 1 is 1.37 bits per heavy atom. The summed E-state index contributed by atoms with van der Waals surface area (Å²) in [5.74, 6) is -1.14. The Bertz CT molecular complexity index is 554. The average Bonchev–Trinajstić information content (AvgIpc) is 2.35. The van der Waals surface area contributed by atoms with Crippen LogP contribution in [0.5, 0.6) is 5.75 Å². The lowest BCUT2D eigenvalue weighted by molar-refractivity contribution is 0.0698. The minimum atomic E-state index is -3.67. The van der Waals surface area contributed by atoms with Crippen LogP contribution in [0.15, 0.2) is 18.2 Å². The molecule has 0 aliphatic heterocycles. The van der Waals surface area contributed by atoms with E-state index in [0.29, 0.717) is 5.75 Å². The molecule has 0 aromatic heterocycles. The maximum absolute atomic E-state index is 11.7. The summed E-state index contributed by atoms with van der Waals surface area (Å²) in [6.45, 7) is 0.0156. The van der Waals surface area contributed by atoms with Gasteiger partial charge in [0.1, 0.15) is 5.75 Å². The van der Waals surface area contributed by atoms with Crippen molar-refractivity contribution in [2.45, 2.75) is 0 Å². The molecule has 8 heteroatoms. The molecule has 19 heavy (non-hydrogen) atoms. The highest BCUT2D eigenvalue weighted by Crippen LogP contribution is 2.23. The Kier molecular flexibility index (Phi) is 5.13. The van der Waals surface area contributed by atoms with Gasteiger partial charge in [-0.15, -0.1) is 0 Å². The van der Waals surface area contributed by atoms with Crippen molar-refractivity contribution in [2.75, 3.05) is 31.3 Å². The Labute approximate surface area is 111 Å². The molecule has 0 saturated heterocycles. The molecule has 7 nitrogen and oxygen atoms in total. The number of hydrogen-bond donors (Lipinski definition) is 2. The quantitative estimate of drug-likeness (QED) is 0.769. The van der Waals surface area contributed by atoms with E-state index < -0.39 is 16.0 Å². The largest absolute Gasteiger partial charge is 0.497 e. The molecule has 0 fully saturated rings. The van der Waals surface area contributed by atoms with Gasteiger partial charge >= 0.3 is 5.97 Å². The Morgan fingerprint density at radius 2 is 2.05 bits per heavy atom. The zero-order valence-electron chi connectivity index (χ0n) is 10.5. The van der Waals surface area contributed by atoms with Gasteiger partial charge in [-0.1, -0.05) is 0 Å². The molecule has 1 aromatic carbocycles. The van der Waals surface area contributed by atoms with Crippen LogP contribution in [-0.4, -0.2) is 46.1 Å². The van der Waals surface area contributed by atoms with Crippen LogP contribution in [0.1, 0.15) is 10.4 Å². The maximum Gasteiger partial charge on any atom is 0.337 e. The first-order valence-corrected chi connectivity index (χ1v) is 6.95. The highest BCUT2D eigenvalue weighted by atomic mass is 32.2. The number of carboxylic acid groups (broad SMARTS) is 1. The van der Waals surface area contributed by atoms with E-state index in [0.717, 1.165) is 0 Å². The van der Waals surface area contributed by atoms with Gasteiger partial charge in [0.15, 0.2) is 0 Å². The lowest BCUT2D eigenvalue weighted by atomic mass is 10.2. The van der Waals surface area contributed by atoms with Gasteiger partial charge in [-0.05, 0) is 12.1 Å². The van der Waals surface area contributed by atoms with Crippen molar-refractivity contribution in [2.24, 2.45) is 0 Å². The SMILES string of the molecule is COCCS(=O)(=O)Nc1cc(OC)ccc1C(=O)O. The number of anilines is 1. The number of rotatable bonds is 7. The van der Waals surface area contributed by atoms with Crippen molar-refractivity contribution < 1.29 is 27.8 Å². The molecule has 0 heterocycles. The number of nitrogens with one attached hydrogen (secondary N) is 1. The molecular formula is C11H15NO6S. The number of benzene rings is 1. The Hall–Kier alpha value is -1.80. The van der Waals surface area contributed by atoms with Crippen molar-refractivity contribution >= 4 is 21.7 Å². The lowest BCUT2D eigenvalue weighted by Gasteiger charge is -2.11. The van der Waals surface area contributed by atoms with E-state index >= 15 is 0 Å². The standard InChI is InChI=1S/C11H15NO6S/c1-17-5-6-19(15,16)12-10-7-8(18-2)3-4-9(10)11(13)14/h3-4,7,12H,5-6H2,1-2H3,(H,13,14). The van der Waals surface area contributed by atoms with E-state index in [-0.39, 0.29) is 23.6 Å². The van der Waals surface area contributed by atoms with Crippen LogP contribution in [0.25, 0.3) is 0 Å². The van der Waals surface area contributed by atoms with Gasteiger partial charge in [-0.2, -0.15) is 0 Å². The fraction of sp³-hybridized carbons (Fsp3) is 0.364. The molecule has 0 bridgehead atoms. The fourth-order valence-electron chi connectivity index (χ4n) is 1.33. The van der Waals surface area contributed by atoms with Crippen molar-refractivity contribution in [3.05, 3.63) is 23.8 Å². The zero-order valence-corrected chi connectivity index (χ0v) is 11.4. The minimum Gasteiger partial charge on any atom is -0.497 e.